The third kappa shape index (κ3) is 59.6. The van der Waals surface area contributed by atoms with Crippen LogP contribution in [0.5, 0.6) is 0 Å². The zero-order valence-electron chi connectivity index (χ0n) is 10.9. The monoisotopic (exact) mass is 288 g/mol. The van der Waals surface area contributed by atoms with E-state index < -0.39 is 23.9 Å². The first-order chi connectivity index (χ1) is 8.98. The first-order valence-corrected chi connectivity index (χ1v) is 4.89. The third-order valence-electron chi connectivity index (χ3n) is 0.737. The van der Waals surface area contributed by atoms with Crippen molar-refractivity contribution in [3.8, 4) is 0 Å². The van der Waals surface area contributed by atoms with Gasteiger partial charge < -0.3 is 20.4 Å². The quantitative estimate of drug-likeness (QED) is 0.442. The molecule has 0 rings (SSSR count). The smallest absolute Gasteiger partial charge is 0.328 e. The second kappa shape index (κ2) is 14.2. The average Bonchev–Trinajstić information content (AvgIpc) is 2.23. The molecule has 0 saturated heterocycles. The van der Waals surface area contributed by atoms with Crippen molar-refractivity contribution >= 4 is 23.9 Å². The van der Waals surface area contributed by atoms with Crippen molar-refractivity contribution in [2.24, 2.45) is 0 Å². The van der Waals surface area contributed by atoms with E-state index >= 15 is 0 Å². The van der Waals surface area contributed by atoms with Gasteiger partial charge in [0, 0.05) is 24.3 Å². The molecule has 0 spiro atoms. The Morgan fingerprint density at radius 3 is 0.800 bits per heavy atom. The van der Waals surface area contributed by atoms with Gasteiger partial charge in [-0.1, -0.05) is 5.57 Å². The lowest BCUT2D eigenvalue weighted by molar-refractivity contribution is -0.134. The summed E-state index contributed by atoms with van der Waals surface area (Å²) in [6.07, 6.45) is 2.23. The minimum absolute atomic E-state index is 0.558. The number of hydrogen-bond donors (Lipinski definition) is 4. The van der Waals surface area contributed by atoms with E-state index in [2.05, 4.69) is 6.58 Å². The van der Waals surface area contributed by atoms with E-state index in [1.165, 1.54) is 5.57 Å². The summed E-state index contributed by atoms with van der Waals surface area (Å²) in [5.41, 5.74) is 1.17. The molecule has 0 unspecified atom stereocenters. The fraction of sp³-hybridized carbons (Fsp3) is 0.167. The van der Waals surface area contributed by atoms with Gasteiger partial charge in [-0.15, -0.1) is 6.58 Å². The normalized spacial score (nSPS) is 8.90. The number of hydrogen-bond acceptors (Lipinski definition) is 4. The first kappa shape index (κ1) is 22.3. The van der Waals surface area contributed by atoms with Crippen LogP contribution in [0, 0.1) is 0 Å². The molecule has 4 N–H and O–H groups in total. The van der Waals surface area contributed by atoms with E-state index in [0.29, 0.717) is 24.3 Å². The van der Waals surface area contributed by atoms with Gasteiger partial charge in [0.2, 0.25) is 0 Å². The predicted octanol–water partition coefficient (Wildman–Crippen LogP) is 1.01. The molecule has 0 aliphatic rings. The van der Waals surface area contributed by atoms with Crippen molar-refractivity contribution in [3.63, 3.8) is 0 Å². The highest BCUT2D eigenvalue weighted by Crippen LogP contribution is 1.73. The van der Waals surface area contributed by atoms with Gasteiger partial charge >= 0.3 is 23.9 Å². The zero-order chi connectivity index (χ0) is 16.7. The van der Waals surface area contributed by atoms with E-state index in [4.69, 9.17) is 20.4 Å². The molecule has 0 fully saturated rings. The van der Waals surface area contributed by atoms with Crippen LogP contribution in [0.3, 0.4) is 0 Å². The zero-order valence-corrected chi connectivity index (χ0v) is 10.9. The molecule has 0 atom stereocenters. The van der Waals surface area contributed by atoms with Crippen molar-refractivity contribution in [1.82, 2.24) is 0 Å². The first-order valence-electron chi connectivity index (χ1n) is 4.89. The van der Waals surface area contributed by atoms with Gasteiger partial charge in [0.05, 0.1) is 0 Å². The Kier molecular flexibility index (Phi) is 15.8. The van der Waals surface area contributed by atoms with Gasteiger partial charge in [0.1, 0.15) is 0 Å². The molecule has 0 saturated carbocycles. The number of carboxylic acids is 4. The maximum atomic E-state index is 9.55. The summed E-state index contributed by atoms with van der Waals surface area (Å²) in [7, 11) is 0. The van der Waals surface area contributed by atoms with E-state index in [1.54, 1.807) is 0 Å². The lowest BCUT2D eigenvalue weighted by Gasteiger charge is -1.74. The summed E-state index contributed by atoms with van der Waals surface area (Å²) in [6, 6.07) is 0. The van der Waals surface area contributed by atoms with Crippen LogP contribution in [0.15, 0.2) is 36.5 Å². The summed E-state index contributed by atoms with van der Waals surface area (Å²) in [5.74, 6) is -5.03. The van der Waals surface area contributed by atoms with E-state index in [9.17, 15) is 19.2 Å². The molecule has 0 aliphatic carbocycles. The molecule has 0 aromatic heterocycles. The minimum Gasteiger partial charge on any atom is -0.478 e. The molecular weight excluding hydrogens is 272 g/mol. The molecule has 8 heteroatoms. The molecule has 0 bridgehead atoms. The van der Waals surface area contributed by atoms with Crippen LogP contribution in [0.2, 0.25) is 0 Å². The Morgan fingerprint density at radius 2 is 0.750 bits per heavy atom. The SMILES string of the molecule is C=C(C)C.O=C(O)/C=C\C(=O)O.O=C(O)/C=C\C(=O)O. The number of aliphatic carboxylic acids is 4. The second-order valence-electron chi connectivity index (χ2n) is 3.23. The number of allylic oxidation sites excluding steroid dienone is 1. The maximum Gasteiger partial charge on any atom is 0.328 e. The highest BCUT2D eigenvalue weighted by molar-refractivity contribution is 5.90. The maximum absolute atomic E-state index is 9.55. The van der Waals surface area contributed by atoms with Crippen molar-refractivity contribution in [3.05, 3.63) is 36.5 Å². The van der Waals surface area contributed by atoms with Crippen LogP contribution in [0.1, 0.15) is 13.8 Å². The molecule has 0 aromatic carbocycles. The van der Waals surface area contributed by atoms with E-state index in [-0.39, 0.29) is 0 Å². The molecule has 20 heavy (non-hydrogen) atoms. The standard InChI is InChI=1S/2C4H4O4.C4H8/c2*5-3(6)1-2-4(7)8;1-4(2)3/h2*1-2H,(H,5,6)(H,7,8);1H2,2-3H3/b2*2-1-;. The molecule has 0 heterocycles. The van der Waals surface area contributed by atoms with Crippen molar-refractivity contribution in [2.75, 3.05) is 0 Å². The van der Waals surface area contributed by atoms with Crippen molar-refractivity contribution in [2.45, 2.75) is 13.8 Å². The van der Waals surface area contributed by atoms with E-state index in [0.717, 1.165) is 0 Å². The molecule has 8 nitrogen and oxygen atoms in total. The van der Waals surface area contributed by atoms with Crippen LogP contribution in [0.25, 0.3) is 0 Å². The molecule has 0 aromatic rings. The highest BCUT2D eigenvalue weighted by Gasteiger charge is 1.88. The predicted molar refractivity (Wildman–Crippen MR) is 69.3 cm³/mol. The summed E-state index contributed by atoms with van der Waals surface area (Å²) >= 11 is 0. The Bertz CT molecular complexity index is 347. The van der Waals surface area contributed by atoms with E-state index in [1.807, 2.05) is 13.8 Å². The fourth-order valence-electron chi connectivity index (χ4n) is 0.285. The summed E-state index contributed by atoms with van der Waals surface area (Å²) in [5, 5.41) is 31.2. The van der Waals surface area contributed by atoms with Crippen molar-refractivity contribution < 1.29 is 39.6 Å². The lowest BCUT2D eigenvalue weighted by Crippen LogP contribution is -1.91. The molecule has 0 aliphatic heterocycles. The van der Waals surface area contributed by atoms with Crippen molar-refractivity contribution in [1.29, 1.82) is 0 Å². The van der Waals surface area contributed by atoms with Gasteiger partial charge in [-0.3, -0.25) is 0 Å². The topological polar surface area (TPSA) is 149 Å². The van der Waals surface area contributed by atoms with Crippen LogP contribution >= 0.6 is 0 Å². The summed E-state index contributed by atoms with van der Waals surface area (Å²) in [6.45, 7) is 7.50. The second-order valence-corrected chi connectivity index (χ2v) is 3.23. The Labute approximate surface area is 115 Å². The Balaban J connectivity index is -0.000000230. The Morgan fingerprint density at radius 1 is 0.650 bits per heavy atom. The largest absolute Gasteiger partial charge is 0.478 e. The van der Waals surface area contributed by atoms with Crippen LogP contribution in [0.4, 0.5) is 0 Å². The van der Waals surface area contributed by atoms with Gasteiger partial charge in [-0.25, -0.2) is 19.2 Å². The van der Waals surface area contributed by atoms with Crippen LogP contribution in [-0.2, 0) is 19.2 Å². The Hall–Kier alpha value is -2.90. The number of carboxylic acid groups (broad SMARTS) is 4. The van der Waals surface area contributed by atoms with Gasteiger partial charge in [0.15, 0.2) is 0 Å². The fourth-order valence-corrected chi connectivity index (χ4v) is 0.285. The summed E-state index contributed by atoms with van der Waals surface area (Å²) < 4.78 is 0. The highest BCUT2D eigenvalue weighted by atomic mass is 16.4. The molecule has 112 valence electrons. The molecule has 0 amide bonds. The average molecular weight is 288 g/mol. The third-order valence-corrected chi connectivity index (χ3v) is 0.737. The summed E-state index contributed by atoms with van der Waals surface area (Å²) in [4.78, 5) is 38.2. The molecular formula is C12H16O8. The molecule has 0 radical (unpaired) electrons. The van der Waals surface area contributed by atoms with Gasteiger partial charge in [0.25, 0.3) is 0 Å². The van der Waals surface area contributed by atoms with Gasteiger partial charge in [-0.05, 0) is 13.8 Å². The van der Waals surface area contributed by atoms with Crippen LogP contribution < -0.4 is 0 Å². The minimum atomic E-state index is -1.26. The number of rotatable bonds is 4. The lowest BCUT2D eigenvalue weighted by atomic mass is 10.4. The van der Waals surface area contributed by atoms with Crippen LogP contribution in [-0.4, -0.2) is 44.3 Å². The van der Waals surface area contributed by atoms with Gasteiger partial charge in [-0.2, -0.15) is 0 Å². The number of carbonyl (C=O) groups is 4.